The third-order valence-corrected chi connectivity index (χ3v) is 3.33. The van der Waals surface area contributed by atoms with Crippen molar-refractivity contribution in [2.75, 3.05) is 13.1 Å². The summed E-state index contributed by atoms with van der Waals surface area (Å²) in [7, 11) is 0. The van der Waals surface area contributed by atoms with Gasteiger partial charge in [-0.2, -0.15) is 0 Å². The summed E-state index contributed by atoms with van der Waals surface area (Å²) < 4.78 is 0. The molecule has 2 nitrogen and oxygen atoms in total. The van der Waals surface area contributed by atoms with Crippen LogP contribution < -0.4 is 11.1 Å². The molecule has 0 aliphatic heterocycles. The predicted molar refractivity (Wildman–Crippen MR) is 75.1 cm³/mol. The number of hydrogen-bond acceptors (Lipinski definition) is 2. The molecule has 0 radical (unpaired) electrons. The Kier molecular flexibility index (Phi) is 6.90. The van der Waals surface area contributed by atoms with Crippen molar-refractivity contribution in [2.45, 2.75) is 39.2 Å². The molecule has 0 aliphatic carbocycles. The molecule has 1 aromatic rings. The van der Waals surface area contributed by atoms with Gasteiger partial charge in [-0.3, -0.25) is 0 Å². The summed E-state index contributed by atoms with van der Waals surface area (Å²) in [5.74, 6) is 0.791. The van der Waals surface area contributed by atoms with Crippen LogP contribution in [0.3, 0.4) is 0 Å². The van der Waals surface area contributed by atoms with Crippen molar-refractivity contribution in [1.29, 1.82) is 0 Å². The molecule has 1 unspecified atom stereocenters. The van der Waals surface area contributed by atoms with Crippen molar-refractivity contribution in [2.24, 2.45) is 11.7 Å². The zero-order chi connectivity index (χ0) is 12.5. The van der Waals surface area contributed by atoms with Crippen LogP contribution in [0.25, 0.3) is 0 Å². The molecule has 1 aromatic carbocycles. The molecular weight excluding hydrogens is 208 g/mol. The van der Waals surface area contributed by atoms with Crippen molar-refractivity contribution in [3.05, 3.63) is 35.9 Å². The number of hydrogen-bond donors (Lipinski definition) is 2. The Balaban J connectivity index is 2.19. The molecule has 0 saturated heterocycles. The third-order valence-electron chi connectivity index (χ3n) is 3.33. The van der Waals surface area contributed by atoms with Crippen LogP contribution in [0.5, 0.6) is 0 Å². The highest BCUT2D eigenvalue weighted by Crippen LogP contribution is 2.05. The fraction of sp³-hybridized carbons (Fsp3) is 0.600. The predicted octanol–water partition coefficient (Wildman–Crippen LogP) is 2.58. The second-order valence-corrected chi connectivity index (χ2v) is 4.79. The van der Waals surface area contributed by atoms with E-state index in [-0.39, 0.29) is 6.04 Å². The second-order valence-electron chi connectivity index (χ2n) is 4.79. The van der Waals surface area contributed by atoms with Crippen LogP contribution >= 0.6 is 0 Å². The maximum atomic E-state index is 6.11. The van der Waals surface area contributed by atoms with Gasteiger partial charge in [0, 0.05) is 12.6 Å². The van der Waals surface area contributed by atoms with Crippen molar-refractivity contribution in [3.63, 3.8) is 0 Å². The molecule has 17 heavy (non-hydrogen) atoms. The number of nitrogens with two attached hydrogens (primary N) is 1. The van der Waals surface area contributed by atoms with Crippen LogP contribution in [-0.2, 0) is 6.42 Å². The summed E-state index contributed by atoms with van der Waals surface area (Å²) in [5.41, 5.74) is 7.44. The Morgan fingerprint density at radius 1 is 1.06 bits per heavy atom. The topological polar surface area (TPSA) is 38.0 Å². The molecule has 0 amide bonds. The molecule has 96 valence electrons. The van der Waals surface area contributed by atoms with Crippen LogP contribution in [0.1, 0.15) is 32.3 Å². The van der Waals surface area contributed by atoms with E-state index < -0.39 is 0 Å². The lowest BCUT2D eigenvalue weighted by atomic mass is 10.0. The van der Waals surface area contributed by atoms with E-state index in [1.165, 1.54) is 18.4 Å². The van der Waals surface area contributed by atoms with Gasteiger partial charge in [-0.15, -0.1) is 0 Å². The first kappa shape index (κ1) is 14.2. The van der Waals surface area contributed by atoms with E-state index in [1.807, 2.05) is 6.07 Å². The van der Waals surface area contributed by atoms with Gasteiger partial charge < -0.3 is 11.1 Å². The van der Waals surface area contributed by atoms with Crippen LogP contribution in [0.2, 0.25) is 0 Å². The van der Waals surface area contributed by atoms with Crippen LogP contribution in [0.15, 0.2) is 30.3 Å². The minimum absolute atomic E-state index is 0.215. The average Bonchev–Trinajstić information content (AvgIpc) is 2.36. The van der Waals surface area contributed by atoms with Crippen molar-refractivity contribution in [3.8, 4) is 0 Å². The SMILES string of the molecule is CCC(CC)CNCC(N)Cc1ccccc1. The lowest BCUT2D eigenvalue weighted by Crippen LogP contribution is -2.37. The highest BCUT2D eigenvalue weighted by molar-refractivity contribution is 5.15. The first-order chi connectivity index (χ1) is 8.26. The van der Waals surface area contributed by atoms with Gasteiger partial charge in [-0.05, 0) is 24.4 Å². The summed E-state index contributed by atoms with van der Waals surface area (Å²) in [6, 6.07) is 10.7. The molecule has 1 rings (SSSR count). The summed E-state index contributed by atoms with van der Waals surface area (Å²) in [5, 5.41) is 3.48. The molecule has 0 spiro atoms. The van der Waals surface area contributed by atoms with E-state index in [2.05, 4.69) is 43.4 Å². The smallest absolute Gasteiger partial charge is 0.0206 e. The Morgan fingerprint density at radius 2 is 1.71 bits per heavy atom. The maximum Gasteiger partial charge on any atom is 0.0206 e. The van der Waals surface area contributed by atoms with Crippen molar-refractivity contribution in [1.82, 2.24) is 5.32 Å². The first-order valence-electron chi connectivity index (χ1n) is 6.76. The molecule has 2 heteroatoms. The highest BCUT2D eigenvalue weighted by atomic mass is 14.9. The molecule has 0 bridgehead atoms. The maximum absolute atomic E-state index is 6.11. The van der Waals surface area contributed by atoms with E-state index >= 15 is 0 Å². The molecule has 0 saturated carbocycles. The largest absolute Gasteiger partial charge is 0.326 e. The molecule has 0 aromatic heterocycles. The van der Waals surface area contributed by atoms with Gasteiger partial charge in [-0.1, -0.05) is 57.0 Å². The zero-order valence-electron chi connectivity index (χ0n) is 11.2. The van der Waals surface area contributed by atoms with Gasteiger partial charge in [0.2, 0.25) is 0 Å². The van der Waals surface area contributed by atoms with Gasteiger partial charge in [0.1, 0.15) is 0 Å². The van der Waals surface area contributed by atoms with E-state index in [4.69, 9.17) is 5.73 Å². The second kappa shape index (κ2) is 8.26. The fourth-order valence-corrected chi connectivity index (χ4v) is 2.04. The summed E-state index contributed by atoms with van der Waals surface area (Å²) >= 11 is 0. The van der Waals surface area contributed by atoms with Crippen molar-refractivity contribution < 1.29 is 0 Å². The molecular formula is C15H26N2. The highest BCUT2D eigenvalue weighted by Gasteiger charge is 2.06. The molecule has 1 atom stereocenters. The summed E-state index contributed by atoms with van der Waals surface area (Å²) in [6.07, 6.45) is 3.45. The monoisotopic (exact) mass is 234 g/mol. The van der Waals surface area contributed by atoms with E-state index in [0.717, 1.165) is 25.4 Å². The number of rotatable bonds is 8. The van der Waals surface area contributed by atoms with Crippen LogP contribution in [0.4, 0.5) is 0 Å². The Morgan fingerprint density at radius 3 is 2.29 bits per heavy atom. The summed E-state index contributed by atoms with van der Waals surface area (Å²) in [4.78, 5) is 0. The Labute approximate surface area is 106 Å². The normalized spacial score (nSPS) is 12.9. The van der Waals surface area contributed by atoms with Gasteiger partial charge in [0.05, 0.1) is 0 Å². The molecule has 0 heterocycles. The third kappa shape index (κ3) is 5.85. The fourth-order valence-electron chi connectivity index (χ4n) is 2.04. The molecule has 3 N–H and O–H groups in total. The Hall–Kier alpha value is -0.860. The quantitative estimate of drug-likeness (QED) is 0.725. The van der Waals surface area contributed by atoms with E-state index in [9.17, 15) is 0 Å². The minimum Gasteiger partial charge on any atom is -0.326 e. The van der Waals surface area contributed by atoms with Gasteiger partial charge in [-0.25, -0.2) is 0 Å². The zero-order valence-corrected chi connectivity index (χ0v) is 11.2. The molecule has 0 aliphatic rings. The first-order valence-corrected chi connectivity index (χ1v) is 6.76. The summed E-state index contributed by atoms with van der Waals surface area (Å²) in [6.45, 7) is 6.50. The Bertz CT molecular complexity index is 280. The lowest BCUT2D eigenvalue weighted by Gasteiger charge is -2.16. The number of benzene rings is 1. The van der Waals surface area contributed by atoms with Crippen LogP contribution in [0, 0.1) is 5.92 Å². The van der Waals surface area contributed by atoms with Gasteiger partial charge in [0.25, 0.3) is 0 Å². The van der Waals surface area contributed by atoms with Gasteiger partial charge in [0.15, 0.2) is 0 Å². The van der Waals surface area contributed by atoms with Gasteiger partial charge >= 0.3 is 0 Å². The average molecular weight is 234 g/mol. The number of nitrogens with one attached hydrogen (secondary N) is 1. The minimum atomic E-state index is 0.215. The lowest BCUT2D eigenvalue weighted by molar-refractivity contribution is 0.437. The standard InChI is InChI=1S/C15H26N2/c1-3-13(4-2)11-17-12-15(16)10-14-8-6-5-7-9-14/h5-9,13,15,17H,3-4,10-12,16H2,1-2H3. The van der Waals surface area contributed by atoms with Crippen molar-refractivity contribution >= 4 is 0 Å². The van der Waals surface area contributed by atoms with E-state index in [0.29, 0.717) is 0 Å². The van der Waals surface area contributed by atoms with E-state index in [1.54, 1.807) is 0 Å². The molecule has 0 fully saturated rings. The van der Waals surface area contributed by atoms with Crippen LogP contribution in [-0.4, -0.2) is 19.1 Å².